The van der Waals surface area contributed by atoms with Crippen LogP contribution >= 0.6 is 0 Å². The Balaban J connectivity index is 1.63. The zero-order chi connectivity index (χ0) is 27.5. The third-order valence-corrected chi connectivity index (χ3v) is 8.46. The van der Waals surface area contributed by atoms with E-state index in [9.17, 15) is 23.1 Å². The number of sulfonamides is 1. The second kappa shape index (κ2) is 14.6. The minimum absolute atomic E-state index is 0.00979. The number of hydrogen-bond donors (Lipinski definition) is 4. The van der Waals surface area contributed by atoms with Crippen LogP contribution in [-0.4, -0.2) is 73.7 Å². The lowest BCUT2D eigenvalue weighted by Gasteiger charge is -2.29. The molecular weight excluding hydrogens is 504 g/mol. The van der Waals surface area contributed by atoms with Crippen molar-refractivity contribution in [3.8, 4) is 0 Å². The summed E-state index contributed by atoms with van der Waals surface area (Å²) in [5.74, 6) is -0.727. The predicted molar refractivity (Wildman–Crippen MR) is 150 cm³/mol. The van der Waals surface area contributed by atoms with Gasteiger partial charge >= 0.3 is 0 Å². The highest BCUT2D eigenvalue weighted by atomic mass is 32.2. The summed E-state index contributed by atoms with van der Waals surface area (Å²) in [5.41, 5.74) is 6.33. The maximum absolute atomic E-state index is 13.0. The van der Waals surface area contributed by atoms with Crippen molar-refractivity contribution >= 4 is 32.6 Å². The summed E-state index contributed by atoms with van der Waals surface area (Å²) >= 11 is 0. The number of carbonyl (C=O) groups is 2. The quantitative estimate of drug-likeness (QED) is 0.283. The summed E-state index contributed by atoms with van der Waals surface area (Å²) < 4.78 is 26.5. The van der Waals surface area contributed by atoms with Crippen molar-refractivity contribution < 1.29 is 23.1 Å². The molecule has 0 aliphatic heterocycles. The number of fused-ring (bicyclic) bond motifs is 1. The Morgan fingerprint density at radius 1 is 1.08 bits per heavy atom. The van der Waals surface area contributed by atoms with Crippen LogP contribution in [0.4, 0.5) is 0 Å². The van der Waals surface area contributed by atoms with Gasteiger partial charge in [-0.1, -0.05) is 68.1 Å². The van der Waals surface area contributed by atoms with E-state index in [-0.39, 0.29) is 44.4 Å². The van der Waals surface area contributed by atoms with Crippen LogP contribution in [-0.2, 0) is 26.0 Å². The summed E-state index contributed by atoms with van der Waals surface area (Å²) in [7, 11) is -3.39. The number of aliphatic hydroxyl groups excluding tert-OH is 1. The first-order chi connectivity index (χ1) is 18.2. The first-order valence-electron chi connectivity index (χ1n) is 13.6. The summed E-state index contributed by atoms with van der Waals surface area (Å²) in [5, 5.41) is 17.4. The van der Waals surface area contributed by atoms with E-state index in [0.29, 0.717) is 6.42 Å². The highest BCUT2D eigenvalue weighted by molar-refractivity contribution is 7.88. The lowest BCUT2D eigenvalue weighted by atomic mass is 10.0. The van der Waals surface area contributed by atoms with Gasteiger partial charge in [0.15, 0.2) is 0 Å². The number of rotatable bonds is 13. The predicted octanol–water partition coefficient (Wildman–Crippen LogP) is 2.07. The van der Waals surface area contributed by atoms with Gasteiger partial charge in [-0.25, -0.2) is 8.42 Å². The average molecular weight is 547 g/mol. The van der Waals surface area contributed by atoms with Crippen molar-refractivity contribution in [3.63, 3.8) is 0 Å². The number of nitrogens with zero attached hydrogens (tertiary/aromatic N) is 1. The monoisotopic (exact) mass is 546 g/mol. The Kier molecular flexibility index (Phi) is 11.5. The molecule has 2 aromatic carbocycles. The third-order valence-electron chi connectivity index (χ3n) is 7.13. The fraction of sp³-hybridized carbons (Fsp3) is 0.571. The Morgan fingerprint density at radius 2 is 1.76 bits per heavy atom. The molecule has 1 aliphatic carbocycles. The zero-order valence-corrected chi connectivity index (χ0v) is 23.1. The summed E-state index contributed by atoms with van der Waals surface area (Å²) in [4.78, 5) is 25.8. The van der Waals surface area contributed by atoms with Gasteiger partial charge in [-0.05, 0) is 35.6 Å². The summed E-state index contributed by atoms with van der Waals surface area (Å²) in [6.45, 7) is 0.283. The van der Waals surface area contributed by atoms with Gasteiger partial charge in [-0.15, -0.1) is 0 Å². The molecule has 0 aromatic heterocycles. The zero-order valence-electron chi connectivity index (χ0n) is 22.3. The summed E-state index contributed by atoms with van der Waals surface area (Å²) in [6, 6.07) is 12.9. The Labute approximate surface area is 226 Å². The van der Waals surface area contributed by atoms with E-state index in [2.05, 4.69) is 10.6 Å². The molecule has 2 amide bonds. The highest BCUT2D eigenvalue weighted by Gasteiger charge is 2.27. The second-order valence-electron chi connectivity index (χ2n) is 10.3. The van der Waals surface area contributed by atoms with Gasteiger partial charge in [0, 0.05) is 38.5 Å². The lowest BCUT2D eigenvalue weighted by Crippen LogP contribution is -2.50. The molecule has 3 rings (SSSR count). The Hall–Kier alpha value is -2.53. The van der Waals surface area contributed by atoms with Crippen LogP contribution in [0.3, 0.4) is 0 Å². The molecule has 0 radical (unpaired) electrons. The molecule has 38 heavy (non-hydrogen) atoms. The van der Waals surface area contributed by atoms with Crippen LogP contribution in [0.1, 0.15) is 56.9 Å². The van der Waals surface area contributed by atoms with Gasteiger partial charge in [0.1, 0.15) is 6.04 Å². The minimum atomic E-state index is -3.39. The molecule has 10 heteroatoms. The molecule has 0 heterocycles. The number of hydrogen-bond acceptors (Lipinski definition) is 6. The van der Waals surface area contributed by atoms with Crippen molar-refractivity contribution in [2.24, 2.45) is 5.73 Å². The van der Waals surface area contributed by atoms with Gasteiger partial charge < -0.3 is 21.5 Å². The van der Waals surface area contributed by atoms with Crippen LogP contribution in [0.25, 0.3) is 10.8 Å². The molecule has 0 saturated heterocycles. The van der Waals surface area contributed by atoms with E-state index in [1.54, 1.807) is 4.31 Å². The molecule has 210 valence electrons. The van der Waals surface area contributed by atoms with Gasteiger partial charge in [0.2, 0.25) is 21.8 Å². The van der Waals surface area contributed by atoms with E-state index in [1.807, 2.05) is 42.5 Å². The maximum Gasteiger partial charge on any atom is 0.243 e. The van der Waals surface area contributed by atoms with Gasteiger partial charge in [0.05, 0.1) is 12.4 Å². The van der Waals surface area contributed by atoms with E-state index in [4.69, 9.17) is 5.73 Å². The van der Waals surface area contributed by atoms with E-state index in [1.165, 1.54) is 6.26 Å². The standard InChI is InChI=1S/C28H42N4O5S/c1-38(36,37)32(24-11-4-2-3-5-12-24)16-8-13-27(34)31-26(28(35)30-20-25(33)19-29)18-21-14-15-22-9-6-7-10-23(22)17-21/h6-7,9-10,14-15,17,24-26,33H,2-5,8,11-13,16,18-20,29H2,1H3,(H,30,35)(H,31,34). The van der Waals surface area contributed by atoms with Crippen molar-refractivity contribution in [2.75, 3.05) is 25.9 Å². The molecule has 9 nitrogen and oxygen atoms in total. The first kappa shape index (κ1) is 30.0. The number of carbonyl (C=O) groups excluding carboxylic acids is 2. The van der Waals surface area contributed by atoms with E-state index < -0.39 is 28.1 Å². The lowest BCUT2D eigenvalue weighted by molar-refractivity contribution is -0.129. The number of amides is 2. The first-order valence-corrected chi connectivity index (χ1v) is 15.4. The van der Waals surface area contributed by atoms with Gasteiger partial charge in [0.25, 0.3) is 0 Å². The van der Waals surface area contributed by atoms with Crippen LogP contribution in [0.15, 0.2) is 42.5 Å². The largest absolute Gasteiger partial charge is 0.390 e. The van der Waals surface area contributed by atoms with Crippen molar-refractivity contribution in [3.05, 3.63) is 48.0 Å². The number of nitrogens with one attached hydrogen (secondary N) is 2. The number of nitrogens with two attached hydrogens (primary N) is 1. The molecule has 2 atom stereocenters. The van der Waals surface area contributed by atoms with E-state index >= 15 is 0 Å². The molecule has 5 N–H and O–H groups in total. The molecule has 2 unspecified atom stereocenters. The molecule has 0 spiro atoms. The number of benzene rings is 2. The average Bonchev–Trinajstić information content (AvgIpc) is 3.17. The topological polar surface area (TPSA) is 142 Å². The normalized spacial score (nSPS) is 16.6. The Bertz CT molecular complexity index is 1160. The smallest absolute Gasteiger partial charge is 0.243 e. The van der Waals surface area contributed by atoms with Gasteiger partial charge in [-0.3, -0.25) is 9.59 Å². The molecule has 0 bridgehead atoms. The molecule has 1 fully saturated rings. The summed E-state index contributed by atoms with van der Waals surface area (Å²) in [6.07, 6.45) is 7.08. The van der Waals surface area contributed by atoms with Crippen molar-refractivity contribution in [2.45, 2.75) is 76.0 Å². The van der Waals surface area contributed by atoms with Crippen molar-refractivity contribution in [1.82, 2.24) is 14.9 Å². The van der Waals surface area contributed by atoms with Crippen LogP contribution in [0.2, 0.25) is 0 Å². The minimum Gasteiger partial charge on any atom is -0.390 e. The number of aliphatic hydroxyl groups is 1. The second-order valence-corrected chi connectivity index (χ2v) is 12.2. The highest BCUT2D eigenvalue weighted by Crippen LogP contribution is 2.24. The fourth-order valence-electron chi connectivity index (χ4n) is 5.06. The Morgan fingerprint density at radius 3 is 2.42 bits per heavy atom. The molecule has 1 saturated carbocycles. The maximum atomic E-state index is 13.0. The SMILES string of the molecule is CS(=O)(=O)N(CCCC(=O)NC(Cc1ccc2ccccc2c1)C(=O)NCC(O)CN)C1CCCCCC1. The van der Waals surface area contributed by atoms with Crippen LogP contribution in [0.5, 0.6) is 0 Å². The molecule has 2 aromatic rings. The van der Waals surface area contributed by atoms with Crippen LogP contribution < -0.4 is 16.4 Å². The molecular formula is C28H42N4O5S. The van der Waals surface area contributed by atoms with Gasteiger partial charge in [-0.2, -0.15) is 4.31 Å². The third kappa shape index (κ3) is 9.34. The fourth-order valence-corrected chi connectivity index (χ4v) is 6.28. The molecule has 1 aliphatic rings. The van der Waals surface area contributed by atoms with E-state index in [0.717, 1.165) is 54.9 Å². The van der Waals surface area contributed by atoms with Crippen LogP contribution in [0, 0.1) is 0 Å². The van der Waals surface area contributed by atoms with Crippen molar-refractivity contribution in [1.29, 1.82) is 0 Å².